The molecule has 4 nitrogen and oxygen atoms in total. The fraction of sp³-hybridized carbons (Fsp3) is 0.381. The second-order valence-electron chi connectivity index (χ2n) is 6.97. The van der Waals surface area contributed by atoms with E-state index in [4.69, 9.17) is 4.74 Å². The molecule has 1 amide bonds. The average Bonchev–Trinajstić information content (AvgIpc) is 2.67. The topological polar surface area (TPSA) is 32.8 Å². The van der Waals surface area contributed by atoms with E-state index in [9.17, 15) is 4.79 Å². The van der Waals surface area contributed by atoms with Crippen molar-refractivity contribution >= 4 is 11.6 Å². The molecule has 4 heteroatoms. The van der Waals surface area contributed by atoms with Crippen LogP contribution < -0.4 is 9.64 Å². The van der Waals surface area contributed by atoms with Gasteiger partial charge in [0.15, 0.2) is 0 Å². The normalized spacial score (nSPS) is 21.4. The van der Waals surface area contributed by atoms with Crippen molar-refractivity contribution in [3.8, 4) is 5.75 Å². The minimum absolute atomic E-state index is 0.188. The van der Waals surface area contributed by atoms with Crippen molar-refractivity contribution in [3.63, 3.8) is 0 Å². The largest absolute Gasteiger partial charge is 0.497 e. The summed E-state index contributed by atoms with van der Waals surface area (Å²) in [6.07, 6.45) is 2.03. The molecule has 0 bridgehead atoms. The first-order chi connectivity index (χ1) is 12.2. The molecule has 2 aliphatic heterocycles. The number of ether oxygens (including phenoxy) is 1. The zero-order valence-electron chi connectivity index (χ0n) is 14.8. The summed E-state index contributed by atoms with van der Waals surface area (Å²) < 4.78 is 5.36. The number of hydrogen-bond donors (Lipinski definition) is 0. The summed E-state index contributed by atoms with van der Waals surface area (Å²) in [6.45, 7) is 3.57. The molecule has 1 fully saturated rings. The number of aryl methyl sites for hydroxylation is 1. The molecule has 1 saturated heterocycles. The molecule has 0 unspecified atom stereocenters. The van der Waals surface area contributed by atoms with Crippen molar-refractivity contribution in [1.82, 2.24) is 4.90 Å². The molecule has 0 aromatic heterocycles. The molecule has 0 spiro atoms. The summed E-state index contributed by atoms with van der Waals surface area (Å²) in [5.74, 6) is 1.00. The maximum atomic E-state index is 13.0. The van der Waals surface area contributed by atoms with Gasteiger partial charge >= 0.3 is 0 Å². The van der Waals surface area contributed by atoms with Crippen LogP contribution in [-0.4, -0.2) is 37.0 Å². The van der Waals surface area contributed by atoms with Crippen molar-refractivity contribution in [2.45, 2.75) is 31.8 Å². The van der Waals surface area contributed by atoms with Crippen molar-refractivity contribution < 1.29 is 9.53 Å². The Morgan fingerprint density at radius 3 is 2.72 bits per heavy atom. The van der Waals surface area contributed by atoms with Crippen LogP contribution in [0.4, 0.5) is 5.69 Å². The Kier molecular flexibility index (Phi) is 4.22. The highest BCUT2D eigenvalue weighted by Gasteiger charge is 2.38. The van der Waals surface area contributed by atoms with Crippen LogP contribution >= 0.6 is 0 Å². The molecule has 2 aromatic carbocycles. The van der Waals surface area contributed by atoms with Crippen molar-refractivity contribution in [2.24, 2.45) is 0 Å². The van der Waals surface area contributed by atoms with Gasteiger partial charge in [-0.25, -0.2) is 0 Å². The number of hydrogen-bond acceptors (Lipinski definition) is 3. The van der Waals surface area contributed by atoms with E-state index in [2.05, 4.69) is 42.2 Å². The smallest absolute Gasteiger partial charge is 0.241 e. The molecular formula is C21H24N2O2. The number of fused-ring (bicyclic) bond motifs is 3. The Bertz CT molecular complexity index is 775. The van der Waals surface area contributed by atoms with Crippen LogP contribution in [0.25, 0.3) is 0 Å². The second-order valence-corrected chi connectivity index (χ2v) is 6.97. The SMILES string of the molecule is COc1ccc2c(c1)N1C(=O)CN([C@@H](C)c3ccccc3)C[C@@H]1CC2. The van der Waals surface area contributed by atoms with Crippen LogP contribution in [0.5, 0.6) is 5.75 Å². The molecular weight excluding hydrogens is 312 g/mol. The van der Waals surface area contributed by atoms with E-state index in [1.807, 2.05) is 23.1 Å². The molecule has 130 valence electrons. The van der Waals surface area contributed by atoms with Gasteiger partial charge in [0.05, 0.1) is 25.4 Å². The number of amides is 1. The van der Waals surface area contributed by atoms with E-state index in [-0.39, 0.29) is 18.0 Å². The first-order valence-electron chi connectivity index (χ1n) is 8.95. The Hall–Kier alpha value is -2.33. The van der Waals surface area contributed by atoms with Gasteiger partial charge in [0.1, 0.15) is 5.75 Å². The summed E-state index contributed by atoms with van der Waals surface area (Å²) >= 11 is 0. The molecule has 4 rings (SSSR count). The molecule has 2 atom stereocenters. The number of piperazine rings is 1. The van der Waals surface area contributed by atoms with Gasteiger partial charge in [-0.3, -0.25) is 9.69 Å². The summed E-state index contributed by atoms with van der Waals surface area (Å²) in [7, 11) is 1.67. The molecule has 0 saturated carbocycles. The van der Waals surface area contributed by atoms with Crippen LogP contribution in [-0.2, 0) is 11.2 Å². The standard InChI is InChI=1S/C21H24N2O2/c1-15(16-6-4-3-5-7-16)22-13-18-10-8-17-9-11-19(25-2)12-20(17)23(18)21(24)14-22/h3-7,9,11-12,15,18H,8,10,13-14H2,1-2H3/t15-,18-/m0/s1. The number of nitrogens with zero attached hydrogens (tertiary/aromatic N) is 2. The molecule has 2 aliphatic rings. The maximum Gasteiger partial charge on any atom is 0.241 e. The number of carbonyl (C=O) groups is 1. The number of rotatable bonds is 3. The summed E-state index contributed by atoms with van der Waals surface area (Å²) in [5.41, 5.74) is 3.55. The molecule has 25 heavy (non-hydrogen) atoms. The minimum Gasteiger partial charge on any atom is -0.497 e. The molecule has 0 radical (unpaired) electrons. The zero-order valence-corrected chi connectivity index (χ0v) is 14.8. The minimum atomic E-state index is 0.188. The van der Waals surface area contributed by atoms with E-state index in [1.165, 1.54) is 11.1 Å². The molecule has 0 aliphatic carbocycles. The van der Waals surface area contributed by atoms with Gasteiger partial charge in [0, 0.05) is 18.7 Å². The Morgan fingerprint density at radius 2 is 1.96 bits per heavy atom. The number of methoxy groups -OCH3 is 1. The summed E-state index contributed by atoms with van der Waals surface area (Å²) in [4.78, 5) is 17.3. The average molecular weight is 336 g/mol. The molecule has 0 N–H and O–H groups in total. The van der Waals surface area contributed by atoms with E-state index in [0.717, 1.165) is 30.8 Å². The number of benzene rings is 2. The van der Waals surface area contributed by atoms with Gasteiger partial charge < -0.3 is 9.64 Å². The predicted octanol–water partition coefficient (Wildman–Crippen LogP) is 3.42. The van der Waals surface area contributed by atoms with Crippen molar-refractivity contribution in [2.75, 3.05) is 25.1 Å². The van der Waals surface area contributed by atoms with Gasteiger partial charge in [-0.15, -0.1) is 0 Å². The van der Waals surface area contributed by atoms with Crippen LogP contribution in [0, 0.1) is 0 Å². The van der Waals surface area contributed by atoms with Gasteiger partial charge in [0.2, 0.25) is 5.91 Å². The first kappa shape index (κ1) is 16.2. The fourth-order valence-corrected chi connectivity index (χ4v) is 4.09. The number of carbonyl (C=O) groups excluding carboxylic acids is 1. The van der Waals surface area contributed by atoms with E-state index in [1.54, 1.807) is 7.11 Å². The zero-order chi connectivity index (χ0) is 17.4. The maximum absolute atomic E-state index is 13.0. The van der Waals surface area contributed by atoms with Crippen LogP contribution in [0.1, 0.15) is 30.5 Å². The molecule has 2 aromatic rings. The Labute approximate surface area is 149 Å². The monoisotopic (exact) mass is 336 g/mol. The van der Waals surface area contributed by atoms with Crippen molar-refractivity contribution in [1.29, 1.82) is 0 Å². The predicted molar refractivity (Wildman–Crippen MR) is 99.0 cm³/mol. The lowest BCUT2D eigenvalue weighted by Crippen LogP contribution is -2.58. The molecule has 2 heterocycles. The van der Waals surface area contributed by atoms with Gasteiger partial charge in [-0.1, -0.05) is 36.4 Å². The third-order valence-electron chi connectivity index (χ3n) is 5.55. The van der Waals surface area contributed by atoms with E-state index in [0.29, 0.717) is 6.54 Å². The van der Waals surface area contributed by atoms with Crippen LogP contribution in [0.2, 0.25) is 0 Å². The van der Waals surface area contributed by atoms with Gasteiger partial charge in [-0.05, 0) is 37.0 Å². The first-order valence-corrected chi connectivity index (χ1v) is 8.95. The van der Waals surface area contributed by atoms with E-state index >= 15 is 0 Å². The Balaban J connectivity index is 1.60. The third-order valence-corrected chi connectivity index (χ3v) is 5.55. The lowest BCUT2D eigenvalue weighted by Gasteiger charge is -2.46. The third kappa shape index (κ3) is 2.91. The summed E-state index contributed by atoms with van der Waals surface area (Å²) in [6, 6.07) is 17.0. The van der Waals surface area contributed by atoms with Gasteiger partial charge in [-0.2, -0.15) is 0 Å². The lowest BCUT2D eigenvalue weighted by molar-refractivity contribution is -0.123. The summed E-state index contributed by atoms with van der Waals surface area (Å²) in [5, 5.41) is 0. The highest BCUT2D eigenvalue weighted by atomic mass is 16.5. The van der Waals surface area contributed by atoms with Crippen molar-refractivity contribution in [3.05, 3.63) is 59.7 Å². The van der Waals surface area contributed by atoms with Gasteiger partial charge in [0.25, 0.3) is 0 Å². The highest BCUT2D eigenvalue weighted by molar-refractivity contribution is 5.97. The second kappa shape index (κ2) is 6.52. The highest BCUT2D eigenvalue weighted by Crippen LogP contribution is 2.37. The van der Waals surface area contributed by atoms with Crippen LogP contribution in [0.15, 0.2) is 48.5 Å². The number of anilines is 1. The van der Waals surface area contributed by atoms with Crippen LogP contribution in [0.3, 0.4) is 0 Å². The van der Waals surface area contributed by atoms with E-state index < -0.39 is 0 Å². The fourth-order valence-electron chi connectivity index (χ4n) is 4.09. The Morgan fingerprint density at radius 1 is 1.16 bits per heavy atom. The quantitative estimate of drug-likeness (QED) is 0.861. The lowest BCUT2D eigenvalue weighted by atomic mass is 9.92.